The minimum atomic E-state index is -0.361. The summed E-state index contributed by atoms with van der Waals surface area (Å²) in [6.07, 6.45) is 5.12. The van der Waals surface area contributed by atoms with Gasteiger partial charge in [-0.1, -0.05) is 19.3 Å². The average Bonchev–Trinajstić information content (AvgIpc) is 2.70. The Balaban J connectivity index is 1.71. The molecule has 0 atom stereocenters. The van der Waals surface area contributed by atoms with Crippen LogP contribution in [0, 0.1) is 5.92 Å². The number of amides is 2. The van der Waals surface area contributed by atoms with Crippen molar-refractivity contribution in [1.82, 2.24) is 16.2 Å². The first-order valence-corrected chi connectivity index (χ1v) is 9.72. The van der Waals surface area contributed by atoms with Gasteiger partial charge in [-0.15, -0.1) is 0 Å². The molecule has 0 aliphatic heterocycles. The van der Waals surface area contributed by atoms with E-state index >= 15 is 0 Å². The summed E-state index contributed by atoms with van der Waals surface area (Å²) in [7, 11) is 0. The zero-order valence-corrected chi connectivity index (χ0v) is 16.4. The Kier molecular flexibility index (Phi) is 9.00. The lowest BCUT2D eigenvalue weighted by atomic mass is 9.89. The highest BCUT2D eigenvalue weighted by molar-refractivity contribution is 7.80. The summed E-state index contributed by atoms with van der Waals surface area (Å²) < 4.78 is 10.7. The van der Waals surface area contributed by atoms with Crippen LogP contribution in [-0.2, 0) is 9.53 Å². The lowest BCUT2D eigenvalue weighted by Gasteiger charge is -2.21. The quantitative estimate of drug-likeness (QED) is 0.374. The summed E-state index contributed by atoms with van der Waals surface area (Å²) in [6.45, 7) is 3.55. The van der Waals surface area contributed by atoms with Crippen LogP contribution in [0.25, 0.3) is 0 Å². The summed E-state index contributed by atoms with van der Waals surface area (Å²) in [6, 6.07) is 6.72. The molecule has 148 valence electrons. The predicted octanol–water partition coefficient (Wildman–Crippen LogP) is 2.32. The number of hydrogen-bond acceptors (Lipinski definition) is 5. The molecule has 3 N–H and O–H groups in total. The van der Waals surface area contributed by atoms with E-state index in [2.05, 4.69) is 16.2 Å². The van der Waals surface area contributed by atoms with Gasteiger partial charge in [0.15, 0.2) is 5.11 Å². The number of ether oxygens (including phenoxy) is 2. The Bertz CT molecular complexity index is 630. The van der Waals surface area contributed by atoms with Crippen LogP contribution in [0.4, 0.5) is 0 Å². The van der Waals surface area contributed by atoms with E-state index in [4.69, 9.17) is 21.7 Å². The maximum atomic E-state index is 12.2. The topological polar surface area (TPSA) is 88.7 Å². The van der Waals surface area contributed by atoms with Gasteiger partial charge in [-0.25, -0.2) is 0 Å². The third-order valence-corrected chi connectivity index (χ3v) is 4.52. The molecule has 1 aliphatic carbocycles. The largest absolute Gasteiger partial charge is 0.491 e. The van der Waals surface area contributed by atoms with E-state index in [1.807, 2.05) is 6.92 Å². The summed E-state index contributed by atoms with van der Waals surface area (Å²) in [4.78, 5) is 24.3. The molecule has 1 aliphatic rings. The number of hydrazine groups is 1. The Morgan fingerprint density at radius 2 is 1.78 bits per heavy atom. The first-order valence-electron chi connectivity index (χ1n) is 9.32. The summed E-state index contributed by atoms with van der Waals surface area (Å²) >= 11 is 5.06. The molecule has 0 radical (unpaired) electrons. The van der Waals surface area contributed by atoms with Gasteiger partial charge < -0.3 is 9.47 Å². The molecule has 1 fully saturated rings. The van der Waals surface area contributed by atoms with Gasteiger partial charge in [-0.3, -0.25) is 25.8 Å². The Morgan fingerprint density at radius 1 is 1.07 bits per heavy atom. The monoisotopic (exact) mass is 393 g/mol. The van der Waals surface area contributed by atoms with E-state index in [9.17, 15) is 9.59 Å². The fourth-order valence-corrected chi connectivity index (χ4v) is 3.00. The van der Waals surface area contributed by atoms with Crippen molar-refractivity contribution in [3.8, 4) is 5.75 Å². The number of carbonyl (C=O) groups excluding carboxylic acids is 2. The number of thiocarbonyl (C=S) groups is 1. The normalized spacial score (nSPS) is 14.3. The first kappa shape index (κ1) is 21.1. The van der Waals surface area contributed by atoms with Gasteiger partial charge >= 0.3 is 0 Å². The Morgan fingerprint density at radius 3 is 2.44 bits per heavy atom. The molecular weight excluding hydrogens is 366 g/mol. The van der Waals surface area contributed by atoms with Crippen LogP contribution in [-0.4, -0.2) is 36.7 Å². The van der Waals surface area contributed by atoms with Gasteiger partial charge in [0, 0.05) is 18.1 Å². The molecule has 8 heteroatoms. The Hall–Kier alpha value is -2.19. The van der Waals surface area contributed by atoms with Gasteiger partial charge in [0.1, 0.15) is 12.4 Å². The van der Waals surface area contributed by atoms with Gasteiger partial charge in [0.25, 0.3) is 5.91 Å². The van der Waals surface area contributed by atoms with E-state index in [0.717, 1.165) is 25.7 Å². The molecule has 0 heterocycles. The standard InChI is InChI=1S/C19H27N3O4S/c1-2-25-12-13-26-16-10-8-15(9-11-16)17(23)20-19(27)22-21-18(24)14-6-4-3-5-7-14/h8-11,14H,2-7,12-13H2,1H3,(H,21,24)(H2,20,22,23,27). The van der Waals surface area contributed by atoms with Crippen molar-refractivity contribution in [1.29, 1.82) is 0 Å². The maximum Gasteiger partial charge on any atom is 0.257 e. The number of benzene rings is 1. The number of hydrogen-bond donors (Lipinski definition) is 3. The molecule has 1 aromatic rings. The van der Waals surface area contributed by atoms with Crippen LogP contribution in [0.1, 0.15) is 49.4 Å². The van der Waals surface area contributed by atoms with Crippen molar-refractivity contribution in [2.75, 3.05) is 19.8 Å². The van der Waals surface area contributed by atoms with Crippen molar-refractivity contribution in [3.63, 3.8) is 0 Å². The molecule has 0 bridgehead atoms. The third kappa shape index (κ3) is 7.52. The highest BCUT2D eigenvalue weighted by atomic mass is 32.1. The smallest absolute Gasteiger partial charge is 0.257 e. The minimum absolute atomic E-state index is 0.0139. The fraction of sp³-hybridized carbons (Fsp3) is 0.526. The molecule has 0 unspecified atom stereocenters. The molecule has 7 nitrogen and oxygen atoms in total. The zero-order valence-electron chi connectivity index (χ0n) is 15.6. The molecule has 2 rings (SSSR count). The lowest BCUT2D eigenvalue weighted by Crippen LogP contribution is -2.50. The van der Waals surface area contributed by atoms with Crippen molar-refractivity contribution in [3.05, 3.63) is 29.8 Å². The highest BCUT2D eigenvalue weighted by Crippen LogP contribution is 2.23. The average molecular weight is 394 g/mol. The van der Waals surface area contributed by atoms with Gasteiger partial charge in [0.05, 0.1) is 6.61 Å². The number of rotatable bonds is 7. The van der Waals surface area contributed by atoms with Gasteiger partial charge in [0.2, 0.25) is 5.91 Å². The molecule has 27 heavy (non-hydrogen) atoms. The Labute approximate surface area is 165 Å². The van der Waals surface area contributed by atoms with Crippen LogP contribution in [0.5, 0.6) is 5.75 Å². The van der Waals surface area contributed by atoms with Gasteiger partial charge in [-0.2, -0.15) is 0 Å². The van der Waals surface area contributed by atoms with E-state index < -0.39 is 0 Å². The van der Waals surface area contributed by atoms with Crippen molar-refractivity contribution < 1.29 is 19.1 Å². The third-order valence-electron chi connectivity index (χ3n) is 4.32. The van der Waals surface area contributed by atoms with Crippen LogP contribution >= 0.6 is 12.2 Å². The summed E-state index contributed by atoms with van der Waals surface area (Å²) in [5.41, 5.74) is 5.61. The maximum absolute atomic E-state index is 12.2. The first-order chi connectivity index (χ1) is 13.1. The SMILES string of the molecule is CCOCCOc1ccc(C(=O)NC(=S)NNC(=O)C2CCCCC2)cc1. The van der Waals surface area contributed by atoms with Crippen LogP contribution < -0.4 is 20.9 Å². The minimum Gasteiger partial charge on any atom is -0.491 e. The second-order valence-corrected chi connectivity index (χ2v) is 6.71. The second-order valence-electron chi connectivity index (χ2n) is 6.30. The lowest BCUT2D eigenvalue weighted by molar-refractivity contribution is -0.126. The van der Waals surface area contributed by atoms with Crippen LogP contribution in [0.15, 0.2) is 24.3 Å². The van der Waals surface area contributed by atoms with Crippen molar-refractivity contribution >= 4 is 29.1 Å². The van der Waals surface area contributed by atoms with Crippen LogP contribution in [0.3, 0.4) is 0 Å². The van der Waals surface area contributed by atoms with E-state index in [-0.39, 0.29) is 22.8 Å². The molecule has 0 aromatic heterocycles. The summed E-state index contributed by atoms with van der Waals surface area (Å²) in [5.74, 6) is 0.229. The highest BCUT2D eigenvalue weighted by Gasteiger charge is 2.21. The van der Waals surface area contributed by atoms with Crippen molar-refractivity contribution in [2.45, 2.75) is 39.0 Å². The predicted molar refractivity (Wildman–Crippen MR) is 106 cm³/mol. The fourth-order valence-electron chi connectivity index (χ4n) is 2.86. The van der Waals surface area contributed by atoms with E-state index in [0.29, 0.717) is 31.1 Å². The van der Waals surface area contributed by atoms with Crippen LogP contribution in [0.2, 0.25) is 0 Å². The second kappa shape index (κ2) is 11.5. The molecule has 1 saturated carbocycles. The van der Waals surface area contributed by atoms with E-state index in [1.54, 1.807) is 24.3 Å². The molecule has 2 amide bonds. The van der Waals surface area contributed by atoms with Crippen molar-refractivity contribution in [2.24, 2.45) is 5.92 Å². The zero-order chi connectivity index (χ0) is 19.5. The van der Waals surface area contributed by atoms with Gasteiger partial charge in [-0.05, 0) is 56.2 Å². The molecular formula is C19H27N3O4S. The summed E-state index contributed by atoms with van der Waals surface area (Å²) in [5, 5.41) is 2.60. The molecule has 0 saturated heterocycles. The van der Waals surface area contributed by atoms with E-state index in [1.165, 1.54) is 6.42 Å². The molecule has 1 aromatic carbocycles. The number of carbonyl (C=O) groups is 2. The molecule has 0 spiro atoms. The number of nitrogens with one attached hydrogen (secondary N) is 3.